The molecule has 1 aliphatic heterocycles. The van der Waals surface area contributed by atoms with Gasteiger partial charge in [-0.2, -0.15) is 12.6 Å². The van der Waals surface area contributed by atoms with Gasteiger partial charge in [-0.15, -0.1) is 0 Å². The standard InChI is InChI=1S/C37H64N18O12S/c1-43-32(63)24(19-68)53-35(66)25-8-5-13-55(25)36(67)22(7-4-11-44-37(40)41)52-33(64)21(9-10-26(39)57)51-34(65)23(18-56)50-30(61)17-47-28(59)15-45-27(58)14-46-29(60)16-48-31(62)20(38)6-2-3-12-49-54-42/h20-25,56,68H,2-19,38H2,1H3,(H2,39,57)(H,43,63)(H,45,58)(H,46,60)(H,47,59)(H,48,62)(H,50,61)(H,51,65)(H,52,64)(H,53,66)(H4,40,41,44)/t20-,21-,22-,23-,24-,25-/m0/s1. The van der Waals surface area contributed by atoms with Crippen molar-refractivity contribution in [3.63, 3.8) is 0 Å². The van der Waals surface area contributed by atoms with Crippen molar-refractivity contribution in [2.75, 3.05) is 65.2 Å². The van der Waals surface area contributed by atoms with Crippen molar-refractivity contribution in [1.29, 1.82) is 0 Å². The Balaban J connectivity index is 2.85. The first-order valence-corrected chi connectivity index (χ1v) is 22.0. The summed E-state index contributed by atoms with van der Waals surface area (Å²) in [6, 6.07) is -7.54. The maximum Gasteiger partial charge on any atom is 0.245 e. The lowest BCUT2D eigenvalue weighted by Crippen LogP contribution is -2.59. The number of likely N-dealkylation sites (N-methyl/N-ethyl adjacent to an activating group) is 1. The lowest BCUT2D eigenvalue weighted by atomic mass is 10.1. The topological polar surface area (TPSA) is 485 Å². The largest absolute Gasteiger partial charge is 0.394 e. The summed E-state index contributed by atoms with van der Waals surface area (Å²) >= 11 is 4.11. The van der Waals surface area contributed by atoms with Crippen LogP contribution in [0.3, 0.4) is 0 Å². The maximum absolute atomic E-state index is 14.0. The van der Waals surface area contributed by atoms with Crippen LogP contribution in [-0.4, -0.2) is 182 Å². The molecule has 30 nitrogen and oxygen atoms in total. The number of nitrogens with two attached hydrogens (primary N) is 4. The van der Waals surface area contributed by atoms with E-state index in [1.54, 1.807) is 0 Å². The predicted octanol–water partition coefficient (Wildman–Crippen LogP) is -7.82. The molecule has 1 saturated heterocycles. The highest BCUT2D eigenvalue weighted by Crippen LogP contribution is 2.20. The number of thiol groups is 1. The van der Waals surface area contributed by atoms with E-state index in [0.717, 1.165) is 0 Å². The molecule has 0 unspecified atom stereocenters. The highest BCUT2D eigenvalue weighted by molar-refractivity contribution is 7.80. The summed E-state index contributed by atoms with van der Waals surface area (Å²) in [5, 5.41) is 34.3. The van der Waals surface area contributed by atoms with Gasteiger partial charge in [-0.25, -0.2) is 0 Å². The van der Waals surface area contributed by atoms with Crippen molar-refractivity contribution in [2.24, 2.45) is 33.0 Å². The zero-order valence-electron chi connectivity index (χ0n) is 37.6. The Morgan fingerprint density at radius 3 is 1.85 bits per heavy atom. The van der Waals surface area contributed by atoms with Crippen molar-refractivity contribution in [1.82, 2.24) is 52.8 Å². The summed E-state index contributed by atoms with van der Waals surface area (Å²) in [6.45, 7) is -3.06. The Morgan fingerprint density at radius 2 is 1.29 bits per heavy atom. The van der Waals surface area contributed by atoms with Gasteiger partial charge < -0.3 is 80.8 Å². The molecule has 1 rings (SSSR count). The molecule has 6 atom stereocenters. The van der Waals surface area contributed by atoms with Crippen LogP contribution >= 0.6 is 12.6 Å². The number of guanidine groups is 1. The van der Waals surface area contributed by atoms with Gasteiger partial charge in [0.15, 0.2) is 5.96 Å². The van der Waals surface area contributed by atoms with Crippen LogP contribution in [0.2, 0.25) is 0 Å². The number of unbranched alkanes of at least 4 members (excludes halogenated alkanes) is 1. The maximum atomic E-state index is 14.0. The minimum atomic E-state index is -1.71. The average Bonchev–Trinajstić information content (AvgIpc) is 3.81. The highest BCUT2D eigenvalue weighted by Gasteiger charge is 2.39. The number of likely N-dealkylation sites (tertiary alicyclic amines) is 1. The summed E-state index contributed by atoms with van der Waals surface area (Å²) in [5.74, 6) is -9.06. The van der Waals surface area contributed by atoms with E-state index in [4.69, 9.17) is 28.5 Å². The van der Waals surface area contributed by atoms with Gasteiger partial charge in [0.1, 0.15) is 30.2 Å². The van der Waals surface area contributed by atoms with Gasteiger partial charge in [-0.1, -0.05) is 11.5 Å². The van der Waals surface area contributed by atoms with Crippen LogP contribution in [-0.2, 0) is 52.7 Å². The van der Waals surface area contributed by atoms with E-state index >= 15 is 0 Å². The van der Waals surface area contributed by atoms with Gasteiger partial charge in [0.2, 0.25) is 65.0 Å². The molecule has 0 spiro atoms. The molecular weight excluding hydrogens is 921 g/mol. The fourth-order valence-corrected chi connectivity index (χ4v) is 6.44. The van der Waals surface area contributed by atoms with Crippen LogP contribution in [0.15, 0.2) is 10.1 Å². The molecule has 1 heterocycles. The first-order chi connectivity index (χ1) is 32.3. The molecule has 0 aromatic carbocycles. The third-order valence-electron chi connectivity index (χ3n) is 9.79. The number of aliphatic imine (C=N–C) groups is 1. The second kappa shape index (κ2) is 32.7. The number of carbonyl (C=O) groups excluding carboxylic acids is 11. The fourth-order valence-electron chi connectivity index (χ4n) is 6.19. The number of hydrogen-bond acceptors (Lipinski definition) is 16. The molecule has 1 aliphatic rings. The van der Waals surface area contributed by atoms with Crippen molar-refractivity contribution in [2.45, 2.75) is 94.0 Å². The molecular formula is C37H64N18O12S. The lowest BCUT2D eigenvalue weighted by molar-refractivity contribution is -0.142. The predicted molar refractivity (Wildman–Crippen MR) is 244 cm³/mol. The molecule has 380 valence electrons. The van der Waals surface area contributed by atoms with Crippen LogP contribution in [0.4, 0.5) is 0 Å². The Hall–Kier alpha value is -6.98. The van der Waals surface area contributed by atoms with Crippen molar-refractivity contribution >= 4 is 83.6 Å². The SMILES string of the molecule is CNC(=O)[C@H](CS)NC(=O)[C@@H]1CCCN1C(=O)[C@H](CCCN=C(N)N)NC(=O)[C@H](CCC(N)=O)NC(=O)[C@H](CO)NC(=O)CNC(=O)CNC(=O)CNC(=O)CNC(=O)[C@@H](N)CCCCN=[N+]=[N-]. The first kappa shape index (κ1) is 59.0. The Bertz CT molecular complexity index is 1860. The second-order valence-electron chi connectivity index (χ2n) is 15.0. The molecule has 0 aromatic rings. The molecule has 0 saturated carbocycles. The van der Waals surface area contributed by atoms with Crippen molar-refractivity contribution in [3.8, 4) is 0 Å². The molecule has 0 aromatic heterocycles. The third-order valence-corrected chi connectivity index (χ3v) is 10.2. The summed E-state index contributed by atoms with van der Waals surface area (Å²) in [4.78, 5) is 147. The lowest BCUT2D eigenvalue weighted by Gasteiger charge is -2.30. The summed E-state index contributed by atoms with van der Waals surface area (Å²) in [5.41, 5.74) is 30.2. The smallest absolute Gasteiger partial charge is 0.245 e. The van der Waals surface area contributed by atoms with Gasteiger partial charge in [0.05, 0.1) is 38.8 Å². The zero-order valence-corrected chi connectivity index (χ0v) is 38.5. The summed E-state index contributed by atoms with van der Waals surface area (Å²) in [6.07, 6.45) is 1.22. The molecule has 0 aliphatic carbocycles. The summed E-state index contributed by atoms with van der Waals surface area (Å²) < 4.78 is 0. The Morgan fingerprint density at radius 1 is 0.706 bits per heavy atom. The monoisotopic (exact) mass is 984 g/mol. The number of azide groups is 1. The summed E-state index contributed by atoms with van der Waals surface area (Å²) in [7, 11) is 1.38. The van der Waals surface area contributed by atoms with Crippen LogP contribution in [0.25, 0.3) is 10.4 Å². The normalized spacial score (nSPS) is 14.9. The Labute approximate surface area is 396 Å². The Kier molecular flexibility index (Phi) is 28.3. The number of amides is 11. The molecule has 18 N–H and O–H groups in total. The average molecular weight is 985 g/mol. The second-order valence-corrected chi connectivity index (χ2v) is 15.4. The van der Waals surface area contributed by atoms with Gasteiger partial charge in [-0.3, -0.25) is 57.7 Å². The molecule has 0 radical (unpaired) electrons. The minimum Gasteiger partial charge on any atom is -0.394 e. The van der Waals surface area contributed by atoms with E-state index in [-0.39, 0.29) is 57.0 Å². The highest BCUT2D eigenvalue weighted by atomic mass is 32.1. The van der Waals surface area contributed by atoms with Crippen molar-refractivity contribution in [3.05, 3.63) is 10.4 Å². The van der Waals surface area contributed by atoms with E-state index in [2.05, 4.69) is 75.5 Å². The molecule has 0 bridgehead atoms. The third kappa shape index (κ3) is 23.5. The molecule has 1 fully saturated rings. The number of nitrogens with zero attached hydrogens (tertiary/aromatic N) is 5. The van der Waals surface area contributed by atoms with Crippen molar-refractivity contribution < 1.29 is 57.8 Å². The van der Waals surface area contributed by atoms with Crippen LogP contribution < -0.4 is 70.8 Å². The zero-order chi connectivity index (χ0) is 51.2. The number of hydrogen-bond donors (Lipinski definition) is 15. The number of aliphatic hydroxyl groups excluding tert-OH is 1. The van der Waals surface area contributed by atoms with Crippen LogP contribution in [0.5, 0.6) is 0 Å². The van der Waals surface area contributed by atoms with Gasteiger partial charge in [-0.05, 0) is 50.5 Å². The quantitative estimate of drug-likeness (QED) is 0.00566. The molecule has 68 heavy (non-hydrogen) atoms. The number of rotatable bonds is 32. The fraction of sp³-hybridized carbons (Fsp3) is 0.676. The number of nitrogens with one attached hydrogen (secondary N) is 9. The number of carbonyl (C=O) groups is 11. The van der Waals surface area contributed by atoms with Gasteiger partial charge in [0.25, 0.3) is 0 Å². The molecule has 11 amide bonds. The van der Waals surface area contributed by atoms with E-state index in [9.17, 15) is 57.8 Å². The van der Waals surface area contributed by atoms with E-state index in [1.165, 1.54) is 11.9 Å². The first-order valence-electron chi connectivity index (χ1n) is 21.4. The molecule has 31 heteroatoms. The van der Waals surface area contributed by atoms with E-state index in [1.807, 2.05) is 0 Å². The van der Waals surface area contributed by atoms with Gasteiger partial charge in [0, 0.05) is 43.8 Å². The van der Waals surface area contributed by atoms with Gasteiger partial charge >= 0.3 is 0 Å². The van der Waals surface area contributed by atoms with Crippen LogP contribution in [0, 0.1) is 0 Å². The van der Waals surface area contributed by atoms with Crippen LogP contribution in [0.1, 0.15) is 57.8 Å². The number of primary amides is 1. The van der Waals surface area contributed by atoms with E-state index < -0.39 is 147 Å². The number of aliphatic hydroxyl groups is 1. The van der Waals surface area contributed by atoms with E-state index in [0.29, 0.717) is 19.3 Å². The minimum absolute atomic E-state index is 0.0345.